The zero-order valence-corrected chi connectivity index (χ0v) is 32.3. The average molecular weight is 747 g/mol. The van der Waals surface area contributed by atoms with Crippen molar-refractivity contribution >= 4 is 49.1 Å². The molecule has 0 unspecified atom stereocenters. The summed E-state index contributed by atoms with van der Waals surface area (Å²) < 4.78 is 0. The van der Waals surface area contributed by atoms with Crippen molar-refractivity contribution in [2.45, 2.75) is 13.5 Å². The quantitative estimate of drug-likeness (QED) is 0.0930. The molecule has 278 valence electrons. The van der Waals surface area contributed by atoms with Crippen LogP contribution in [0, 0.1) is 24.5 Å². The van der Waals surface area contributed by atoms with Gasteiger partial charge in [-0.2, -0.15) is 0 Å². The van der Waals surface area contributed by atoms with Gasteiger partial charge in [0, 0.05) is 29.3 Å². The van der Waals surface area contributed by atoms with Crippen LogP contribution in [0.3, 0.4) is 0 Å². The molecular weight excluding hydrogens is 705 g/mol. The van der Waals surface area contributed by atoms with Crippen molar-refractivity contribution < 1.29 is 0 Å². The number of nitrogens with zero attached hydrogens (tertiary/aromatic N) is 1. The van der Waals surface area contributed by atoms with Crippen molar-refractivity contribution in [3.63, 3.8) is 0 Å². The van der Waals surface area contributed by atoms with Crippen molar-refractivity contribution in [1.82, 2.24) is 4.98 Å². The first-order chi connectivity index (χ1) is 28.5. The van der Waals surface area contributed by atoms with Gasteiger partial charge in [-0.3, -0.25) is 10.4 Å². The molecule has 0 saturated heterocycles. The second kappa shape index (κ2) is 17.1. The number of hydrogen-bond donors (Lipinski definition) is 3. The van der Waals surface area contributed by atoms with Crippen LogP contribution >= 0.6 is 0 Å². The van der Waals surface area contributed by atoms with Crippen LogP contribution in [-0.4, -0.2) is 10.8 Å². The van der Waals surface area contributed by atoms with Crippen molar-refractivity contribution in [2.75, 3.05) is 0 Å². The molecule has 5 N–H and O–H groups in total. The smallest absolute Gasteiger partial charge is 0.123 e. The predicted octanol–water partition coefficient (Wildman–Crippen LogP) is 12.7. The summed E-state index contributed by atoms with van der Waals surface area (Å²) in [4.78, 5) is 4.70. The lowest BCUT2D eigenvalue weighted by Crippen LogP contribution is -2.12. The highest BCUT2D eigenvalue weighted by Crippen LogP contribution is 2.40. The van der Waals surface area contributed by atoms with E-state index < -0.39 is 0 Å². The molecule has 0 aliphatic rings. The summed E-state index contributed by atoms with van der Waals surface area (Å²) in [5.41, 5.74) is 21.9. The lowest BCUT2D eigenvalue weighted by molar-refractivity contribution is 1.07. The van der Waals surface area contributed by atoms with Gasteiger partial charge in [-0.25, -0.2) is 0 Å². The zero-order valence-electron chi connectivity index (χ0n) is 32.3. The molecular formula is C54H42N4. The molecule has 10 aromatic rings. The van der Waals surface area contributed by atoms with E-state index in [1.54, 1.807) is 0 Å². The van der Waals surface area contributed by atoms with E-state index in [1.165, 1.54) is 49.0 Å². The monoisotopic (exact) mass is 746 g/mol. The summed E-state index contributed by atoms with van der Waals surface area (Å²) in [5, 5.41) is 16.7. The Morgan fingerprint density at radius 3 is 1.79 bits per heavy atom. The summed E-state index contributed by atoms with van der Waals surface area (Å²) in [5.74, 6) is 0.0575. The standard InChI is InChI=1S/C34H23N3.C13H10.C7H9N/c35-34(36)30-13-6-5-12-27(30)29-14-7-15-32-33(29)22(18-19-37-32)21-16-17-28-25-10-2-1-8-23(25)24-9-3-4-11-26(24)31(28)20-21;1-11-7-9-13(10-8-11)12-5-3-2-4-6-12;8-6-7-4-2-1-3-5-7/h1-20H,(H3,35,36);2-3,5,7-10H,1H3;1-5H,6,8H2. The Balaban J connectivity index is 0.000000182. The minimum Gasteiger partial charge on any atom is -0.384 e. The van der Waals surface area contributed by atoms with E-state index in [1.807, 2.05) is 91.1 Å². The number of amidine groups is 1. The van der Waals surface area contributed by atoms with Crippen molar-refractivity contribution in [1.29, 1.82) is 5.41 Å². The Hall–Kier alpha value is -7.58. The van der Waals surface area contributed by atoms with E-state index in [-0.39, 0.29) is 5.84 Å². The molecule has 0 amide bonds. The Morgan fingerprint density at radius 2 is 1.16 bits per heavy atom. The zero-order chi connectivity index (χ0) is 39.8. The number of aromatic nitrogens is 1. The number of fused-ring (bicyclic) bond motifs is 7. The molecule has 0 fully saturated rings. The van der Waals surface area contributed by atoms with E-state index in [4.69, 9.17) is 21.9 Å². The van der Waals surface area contributed by atoms with Crippen LogP contribution in [0.15, 0.2) is 194 Å². The van der Waals surface area contributed by atoms with Crippen LogP contribution in [0.1, 0.15) is 16.7 Å². The fraction of sp³-hybridized carbons (Fsp3) is 0.0370. The summed E-state index contributed by atoms with van der Waals surface area (Å²) in [6, 6.07) is 70.5. The first kappa shape index (κ1) is 37.3. The molecule has 0 atom stereocenters. The van der Waals surface area contributed by atoms with Crippen molar-refractivity contribution in [2.24, 2.45) is 11.5 Å². The number of rotatable bonds is 5. The number of benzene rings is 8. The minimum atomic E-state index is 0.0575. The molecule has 0 bridgehead atoms. The largest absolute Gasteiger partial charge is 0.384 e. The summed E-state index contributed by atoms with van der Waals surface area (Å²) in [6.07, 6.45) is 1.88. The second-order valence-electron chi connectivity index (χ2n) is 14.1. The van der Waals surface area contributed by atoms with Gasteiger partial charge in [0.25, 0.3) is 0 Å². The predicted molar refractivity (Wildman–Crippen MR) is 245 cm³/mol. The van der Waals surface area contributed by atoms with Gasteiger partial charge >= 0.3 is 0 Å². The van der Waals surface area contributed by atoms with Crippen LogP contribution in [0.2, 0.25) is 0 Å². The maximum Gasteiger partial charge on any atom is 0.123 e. The Morgan fingerprint density at radius 1 is 0.552 bits per heavy atom. The Kier molecular flexibility index (Phi) is 11.0. The number of pyridine rings is 1. The van der Waals surface area contributed by atoms with Gasteiger partial charge in [0.2, 0.25) is 0 Å². The van der Waals surface area contributed by atoms with Gasteiger partial charge in [-0.15, -0.1) is 0 Å². The highest BCUT2D eigenvalue weighted by molar-refractivity contribution is 6.26. The molecule has 0 aliphatic carbocycles. The van der Waals surface area contributed by atoms with Gasteiger partial charge in [-0.05, 0) is 103 Å². The molecule has 4 heteroatoms. The molecule has 0 aliphatic heterocycles. The fourth-order valence-corrected chi connectivity index (χ4v) is 7.57. The summed E-state index contributed by atoms with van der Waals surface area (Å²) >= 11 is 0. The first-order valence-electron chi connectivity index (χ1n) is 19.3. The normalized spacial score (nSPS) is 10.7. The number of nitrogens with two attached hydrogens (primary N) is 2. The van der Waals surface area contributed by atoms with E-state index in [2.05, 4.69) is 122 Å². The van der Waals surface area contributed by atoms with Gasteiger partial charge in [0.1, 0.15) is 5.84 Å². The minimum absolute atomic E-state index is 0.0575. The average Bonchev–Trinajstić information content (AvgIpc) is 3.30. The van der Waals surface area contributed by atoms with E-state index in [0.29, 0.717) is 6.54 Å². The third kappa shape index (κ3) is 7.76. The third-order valence-electron chi connectivity index (χ3n) is 10.4. The maximum atomic E-state index is 8.15. The number of aryl methyl sites for hydroxylation is 1. The van der Waals surface area contributed by atoms with Gasteiger partial charge < -0.3 is 11.5 Å². The van der Waals surface area contributed by atoms with Gasteiger partial charge in [0.15, 0.2) is 0 Å². The van der Waals surface area contributed by atoms with Gasteiger partial charge in [0.05, 0.1) is 5.52 Å². The molecule has 0 saturated carbocycles. The Labute approximate surface area is 339 Å². The number of nitrogens with one attached hydrogen (secondary N) is 1. The highest BCUT2D eigenvalue weighted by atomic mass is 14.7. The lowest BCUT2D eigenvalue weighted by Gasteiger charge is -2.16. The molecule has 9 aromatic carbocycles. The second-order valence-corrected chi connectivity index (χ2v) is 14.1. The van der Waals surface area contributed by atoms with Gasteiger partial charge in [-0.1, -0.05) is 175 Å². The first-order valence-corrected chi connectivity index (χ1v) is 19.3. The topological polar surface area (TPSA) is 88.8 Å². The van der Waals surface area contributed by atoms with Crippen molar-refractivity contribution in [3.05, 3.63) is 223 Å². The van der Waals surface area contributed by atoms with Crippen molar-refractivity contribution in [3.8, 4) is 33.4 Å². The van der Waals surface area contributed by atoms with E-state index in [0.717, 1.165) is 44.3 Å². The van der Waals surface area contributed by atoms with Crippen LogP contribution < -0.4 is 11.5 Å². The molecule has 58 heavy (non-hydrogen) atoms. The molecule has 0 radical (unpaired) electrons. The van der Waals surface area contributed by atoms with Crippen LogP contribution in [0.25, 0.3) is 76.6 Å². The molecule has 1 heterocycles. The molecule has 10 rings (SSSR count). The van der Waals surface area contributed by atoms with Crippen LogP contribution in [0.4, 0.5) is 0 Å². The number of hydrogen-bond acceptors (Lipinski definition) is 3. The molecule has 0 spiro atoms. The third-order valence-corrected chi connectivity index (χ3v) is 10.4. The van der Waals surface area contributed by atoms with Crippen LogP contribution in [0.5, 0.6) is 0 Å². The number of nitrogen functional groups attached to an aromatic ring is 1. The van der Waals surface area contributed by atoms with E-state index in [9.17, 15) is 0 Å². The fourth-order valence-electron chi connectivity index (χ4n) is 7.57. The van der Waals surface area contributed by atoms with E-state index >= 15 is 0 Å². The molecule has 4 nitrogen and oxygen atoms in total. The highest BCUT2D eigenvalue weighted by Gasteiger charge is 2.16. The Bertz CT molecular complexity index is 2970. The molecule has 1 aromatic heterocycles. The maximum absolute atomic E-state index is 8.15. The SMILES string of the molecule is Cc1ccc(-c2c#cccc2)cc1.N=C(N)c1ccccc1-c1cccc2nccc(-c3ccc4c5ccccc5c5ccccc5c4c3)c12.NCc1ccccc1. The summed E-state index contributed by atoms with van der Waals surface area (Å²) in [7, 11) is 0. The summed E-state index contributed by atoms with van der Waals surface area (Å²) in [6.45, 7) is 2.73. The van der Waals surface area contributed by atoms with Crippen LogP contribution in [-0.2, 0) is 6.54 Å². The lowest BCUT2D eigenvalue weighted by atomic mass is 9.89.